The lowest BCUT2D eigenvalue weighted by Crippen LogP contribution is -2.09. The van der Waals surface area contributed by atoms with Crippen molar-refractivity contribution in [2.24, 2.45) is 0 Å². The fraction of sp³-hybridized carbons (Fsp3) is 0.222. The Labute approximate surface area is 148 Å². The third-order valence-electron chi connectivity index (χ3n) is 3.64. The standard InChI is InChI=1S/C18H18O8/c1-25-17-5-2-10(6-16(17)22)13(19)4-3-12-14(20)7-11(8-15(12)21)26-9-18(23)24/h2,5-8,20-22H,3-4,9H2,1H3,(H,23,24). The van der Waals surface area contributed by atoms with Gasteiger partial charge >= 0.3 is 5.97 Å². The lowest BCUT2D eigenvalue weighted by molar-refractivity contribution is -0.139. The maximum atomic E-state index is 12.2. The molecular formula is C18H18O8. The van der Waals surface area contributed by atoms with Crippen molar-refractivity contribution in [1.82, 2.24) is 0 Å². The largest absolute Gasteiger partial charge is 0.507 e. The number of benzene rings is 2. The number of aliphatic carboxylic acids is 1. The minimum absolute atomic E-state index is 0.00227. The minimum atomic E-state index is -1.19. The fourth-order valence-electron chi connectivity index (χ4n) is 2.35. The molecule has 0 amide bonds. The van der Waals surface area contributed by atoms with E-state index in [9.17, 15) is 24.9 Å². The van der Waals surface area contributed by atoms with Gasteiger partial charge in [0.15, 0.2) is 23.9 Å². The van der Waals surface area contributed by atoms with Crippen molar-refractivity contribution in [2.75, 3.05) is 13.7 Å². The summed E-state index contributed by atoms with van der Waals surface area (Å²) in [5, 5.41) is 38.2. The topological polar surface area (TPSA) is 134 Å². The number of hydrogen-bond donors (Lipinski definition) is 4. The average molecular weight is 362 g/mol. The molecule has 8 nitrogen and oxygen atoms in total. The van der Waals surface area contributed by atoms with Gasteiger partial charge in [-0.3, -0.25) is 4.79 Å². The van der Waals surface area contributed by atoms with Gasteiger partial charge in [0.2, 0.25) is 0 Å². The molecule has 0 fully saturated rings. The molecule has 0 heterocycles. The van der Waals surface area contributed by atoms with Gasteiger partial charge in [-0.1, -0.05) is 0 Å². The summed E-state index contributed by atoms with van der Waals surface area (Å²) in [6.07, 6.45) is 0.0186. The number of phenolic OH excluding ortho intramolecular Hbond substituents is 3. The maximum absolute atomic E-state index is 12.2. The van der Waals surface area contributed by atoms with Crippen molar-refractivity contribution in [3.8, 4) is 28.7 Å². The second kappa shape index (κ2) is 8.11. The van der Waals surface area contributed by atoms with Crippen molar-refractivity contribution < 1.29 is 39.5 Å². The number of ether oxygens (including phenoxy) is 2. The highest BCUT2D eigenvalue weighted by Crippen LogP contribution is 2.34. The van der Waals surface area contributed by atoms with Crippen LogP contribution in [0.4, 0.5) is 0 Å². The summed E-state index contributed by atoms with van der Waals surface area (Å²) in [6, 6.07) is 6.59. The Kier molecular flexibility index (Phi) is 5.90. The lowest BCUT2D eigenvalue weighted by atomic mass is 10.0. The number of carboxylic acid groups (broad SMARTS) is 1. The highest BCUT2D eigenvalue weighted by Gasteiger charge is 2.15. The van der Waals surface area contributed by atoms with E-state index in [4.69, 9.17) is 14.6 Å². The number of carbonyl (C=O) groups is 2. The van der Waals surface area contributed by atoms with Gasteiger partial charge in [-0.2, -0.15) is 0 Å². The van der Waals surface area contributed by atoms with E-state index < -0.39 is 12.6 Å². The number of carbonyl (C=O) groups excluding carboxylic acids is 1. The number of phenols is 3. The second-order valence-electron chi connectivity index (χ2n) is 5.43. The summed E-state index contributed by atoms with van der Waals surface area (Å²) in [5.74, 6) is -2.03. The molecule has 0 saturated carbocycles. The van der Waals surface area contributed by atoms with Gasteiger partial charge in [-0.25, -0.2) is 4.79 Å². The van der Waals surface area contributed by atoms with E-state index in [1.807, 2.05) is 0 Å². The van der Waals surface area contributed by atoms with Crippen LogP contribution in [-0.4, -0.2) is 45.9 Å². The molecule has 0 aliphatic rings. The Morgan fingerprint density at radius 2 is 1.65 bits per heavy atom. The molecule has 0 aliphatic heterocycles. The summed E-state index contributed by atoms with van der Waals surface area (Å²) in [5.41, 5.74) is 0.405. The number of methoxy groups -OCH3 is 1. The molecule has 0 radical (unpaired) electrons. The zero-order chi connectivity index (χ0) is 19.3. The van der Waals surface area contributed by atoms with Crippen LogP contribution in [0.2, 0.25) is 0 Å². The summed E-state index contributed by atoms with van der Waals surface area (Å²) in [7, 11) is 1.39. The Balaban J connectivity index is 2.07. The van der Waals surface area contributed by atoms with Gasteiger partial charge in [0.05, 0.1) is 7.11 Å². The molecule has 0 bridgehead atoms. The second-order valence-corrected chi connectivity index (χ2v) is 5.43. The van der Waals surface area contributed by atoms with Crippen molar-refractivity contribution >= 4 is 11.8 Å². The van der Waals surface area contributed by atoms with Gasteiger partial charge in [0, 0.05) is 29.7 Å². The first-order valence-electron chi connectivity index (χ1n) is 7.61. The Morgan fingerprint density at radius 1 is 1.00 bits per heavy atom. The van der Waals surface area contributed by atoms with E-state index in [0.29, 0.717) is 0 Å². The lowest BCUT2D eigenvalue weighted by Gasteiger charge is -2.11. The van der Waals surface area contributed by atoms with Gasteiger partial charge in [0.1, 0.15) is 17.2 Å². The van der Waals surface area contributed by atoms with E-state index in [-0.39, 0.29) is 58.5 Å². The molecule has 2 aromatic carbocycles. The van der Waals surface area contributed by atoms with Crippen LogP contribution in [0.3, 0.4) is 0 Å². The first kappa shape index (κ1) is 18.9. The first-order chi connectivity index (χ1) is 12.3. The van der Waals surface area contributed by atoms with Gasteiger partial charge in [-0.15, -0.1) is 0 Å². The Bertz CT molecular complexity index is 805. The molecule has 0 atom stereocenters. The normalized spacial score (nSPS) is 10.3. The molecule has 26 heavy (non-hydrogen) atoms. The van der Waals surface area contributed by atoms with Crippen LogP contribution in [0.15, 0.2) is 30.3 Å². The molecule has 4 N–H and O–H groups in total. The van der Waals surface area contributed by atoms with Gasteiger partial charge < -0.3 is 29.9 Å². The number of Topliss-reactive ketones (excluding diaryl/α,β-unsaturated/α-hetero) is 1. The highest BCUT2D eigenvalue weighted by molar-refractivity contribution is 5.96. The van der Waals surface area contributed by atoms with E-state index in [1.165, 1.54) is 37.4 Å². The van der Waals surface area contributed by atoms with Crippen LogP contribution in [0.25, 0.3) is 0 Å². The van der Waals surface area contributed by atoms with E-state index >= 15 is 0 Å². The smallest absolute Gasteiger partial charge is 0.341 e. The summed E-state index contributed by atoms with van der Waals surface area (Å²) < 4.78 is 9.80. The molecule has 0 unspecified atom stereocenters. The quantitative estimate of drug-likeness (QED) is 0.525. The molecule has 138 valence electrons. The van der Waals surface area contributed by atoms with E-state index in [0.717, 1.165) is 0 Å². The molecule has 8 heteroatoms. The zero-order valence-electron chi connectivity index (χ0n) is 13.9. The minimum Gasteiger partial charge on any atom is -0.507 e. The highest BCUT2D eigenvalue weighted by atomic mass is 16.5. The van der Waals surface area contributed by atoms with Crippen LogP contribution >= 0.6 is 0 Å². The predicted molar refractivity (Wildman–Crippen MR) is 90.2 cm³/mol. The van der Waals surface area contributed by atoms with Crippen LogP contribution < -0.4 is 9.47 Å². The number of carboxylic acids is 1. The summed E-state index contributed by atoms with van der Waals surface area (Å²) in [6.45, 7) is -0.613. The van der Waals surface area contributed by atoms with Crippen molar-refractivity contribution in [2.45, 2.75) is 12.8 Å². The molecule has 2 rings (SSSR count). The first-order valence-corrected chi connectivity index (χ1v) is 7.61. The van der Waals surface area contributed by atoms with E-state index in [2.05, 4.69) is 0 Å². The summed E-state index contributed by atoms with van der Waals surface area (Å²) in [4.78, 5) is 22.7. The van der Waals surface area contributed by atoms with Gasteiger partial charge in [-0.05, 0) is 24.6 Å². The number of aromatic hydroxyl groups is 3. The average Bonchev–Trinajstić information content (AvgIpc) is 2.58. The molecule has 0 saturated heterocycles. The predicted octanol–water partition coefficient (Wildman–Crippen LogP) is 2.09. The molecular weight excluding hydrogens is 344 g/mol. The van der Waals surface area contributed by atoms with Crippen molar-refractivity contribution in [3.63, 3.8) is 0 Å². The van der Waals surface area contributed by atoms with Crippen LogP contribution in [0, 0.1) is 0 Å². The van der Waals surface area contributed by atoms with E-state index in [1.54, 1.807) is 0 Å². The number of hydrogen-bond acceptors (Lipinski definition) is 7. The zero-order valence-corrected chi connectivity index (χ0v) is 13.9. The molecule has 0 aromatic heterocycles. The number of ketones is 1. The van der Waals surface area contributed by atoms with Gasteiger partial charge in [0.25, 0.3) is 0 Å². The summed E-state index contributed by atoms with van der Waals surface area (Å²) >= 11 is 0. The monoisotopic (exact) mass is 362 g/mol. The molecule has 0 aliphatic carbocycles. The Hall–Kier alpha value is -3.42. The van der Waals surface area contributed by atoms with Crippen LogP contribution in [0.1, 0.15) is 22.3 Å². The van der Waals surface area contributed by atoms with Crippen molar-refractivity contribution in [3.05, 3.63) is 41.5 Å². The number of rotatable bonds is 8. The third-order valence-corrected chi connectivity index (χ3v) is 3.64. The van der Waals surface area contributed by atoms with Crippen LogP contribution in [0.5, 0.6) is 28.7 Å². The third kappa shape index (κ3) is 4.56. The molecule has 2 aromatic rings. The SMILES string of the molecule is COc1ccc(C(=O)CCc2c(O)cc(OCC(=O)O)cc2O)cc1O. The van der Waals surface area contributed by atoms with Crippen molar-refractivity contribution in [1.29, 1.82) is 0 Å². The fourth-order valence-corrected chi connectivity index (χ4v) is 2.35. The Morgan fingerprint density at radius 3 is 2.19 bits per heavy atom. The maximum Gasteiger partial charge on any atom is 0.341 e. The molecule has 0 spiro atoms. The van der Waals surface area contributed by atoms with Crippen LogP contribution in [-0.2, 0) is 11.2 Å².